The van der Waals surface area contributed by atoms with Gasteiger partial charge in [0.25, 0.3) is 0 Å². The minimum absolute atomic E-state index is 0.0135. The highest BCUT2D eigenvalue weighted by Crippen LogP contribution is 2.54. The van der Waals surface area contributed by atoms with Crippen molar-refractivity contribution in [3.8, 4) is 0 Å². The molecule has 11 heteroatoms. The Balaban J connectivity index is 1.72. The Morgan fingerprint density at radius 1 is 1.28 bits per heavy atom. The lowest BCUT2D eigenvalue weighted by Crippen LogP contribution is -2.34. The third-order valence-corrected chi connectivity index (χ3v) is 7.83. The number of ether oxygens (including phenoxy) is 2. The summed E-state index contributed by atoms with van der Waals surface area (Å²) in [5, 5.41) is 2.41. The van der Waals surface area contributed by atoms with Crippen LogP contribution in [0.25, 0.3) is 0 Å². The van der Waals surface area contributed by atoms with Crippen LogP contribution in [0.15, 0.2) is 12.1 Å². The third-order valence-electron chi connectivity index (χ3n) is 5.29. The molecule has 2 aliphatic heterocycles. The monoisotopic (exact) mass is 432 g/mol. The molecule has 160 valence electrons. The fourth-order valence-corrected chi connectivity index (χ4v) is 5.66. The summed E-state index contributed by atoms with van der Waals surface area (Å²) in [5.74, 6) is -1.92. The Morgan fingerprint density at radius 3 is 2.45 bits per heavy atom. The summed E-state index contributed by atoms with van der Waals surface area (Å²) in [4.78, 5) is 24.3. The number of carbonyl (C=O) groups is 2. The van der Waals surface area contributed by atoms with Crippen LogP contribution in [0.3, 0.4) is 0 Å². The zero-order valence-electron chi connectivity index (χ0n) is 16.2. The number of alkyl carbamates (subject to hydrolysis) is 1. The summed E-state index contributed by atoms with van der Waals surface area (Å²) in [7, 11) is -0.100. The molecule has 2 heterocycles. The fraction of sp³-hybridized carbons (Fsp3) is 0.556. The zero-order chi connectivity index (χ0) is 21.2. The summed E-state index contributed by atoms with van der Waals surface area (Å²) in [5.41, 5.74) is -0.0275. The first-order valence-corrected chi connectivity index (χ1v) is 11.2. The molecule has 2 aliphatic rings. The second-order valence-corrected chi connectivity index (χ2v) is 9.92. The Bertz CT molecular complexity index is 817. The number of halogens is 2. The van der Waals surface area contributed by atoms with Crippen molar-refractivity contribution >= 4 is 25.2 Å². The topological polar surface area (TPSA) is 94.2 Å². The molecule has 2 amide bonds. The summed E-state index contributed by atoms with van der Waals surface area (Å²) < 4.78 is 56.4. The van der Waals surface area contributed by atoms with Crippen molar-refractivity contribution in [1.82, 2.24) is 5.32 Å². The van der Waals surface area contributed by atoms with E-state index >= 15 is 0 Å². The number of hydrogen-bond acceptors (Lipinski definition) is 6. The summed E-state index contributed by atoms with van der Waals surface area (Å²) in [6, 6.07) is 2.20. The third kappa shape index (κ3) is 4.70. The molecule has 1 unspecified atom stereocenters. The van der Waals surface area contributed by atoms with Crippen LogP contribution in [0.5, 0.6) is 0 Å². The van der Waals surface area contributed by atoms with E-state index in [-0.39, 0.29) is 36.7 Å². The molecule has 0 aliphatic carbocycles. The van der Waals surface area contributed by atoms with Gasteiger partial charge in [-0.2, -0.15) is 0 Å². The van der Waals surface area contributed by atoms with Crippen LogP contribution in [0, 0.1) is 11.6 Å². The molecular weight excluding hydrogens is 409 g/mol. The second-order valence-electron chi connectivity index (χ2n) is 7.03. The number of amides is 2. The van der Waals surface area contributed by atoms with Crippen LogP contribution >= 0.6 is 7.37 Å². The largest absolute Gasteiger partial charge is 0.453 e. The van der Waals surface area contributed by atoms with Crippen molar-refractivity contribution in [3.05, 3.63) is 29.3 Å². The number of nitrogens with zero attached hydrogens (tertiary/aromatic N) is 1. The molecule has 2 fully saturated rings. The summed E-state index contributed by atoms with van der Waals surface area (Å²) in [6.45, 7) is 0.0428. The molecule has 8 nitrogen and oxygen atoms in total. The van der Waals surface area contributed by atoms with E-state index < -0.39 is 43.2 Å². The van der Waals surface area contributed by atoms with E-state index in [0.29, 0.717) is 12.8 Å². The molecule has 0 radical (unpaired) electrons. The van der Waals surface area contributed by atoms with Crippen molar-refractivity contribution in [1.29, 1.82) is 0 Å². The minimum Gasteiger partial charge on any atom is -0.453 e. The Labute approximate surface area is 166 Å². The maximum Gasteiger partial charge on any atom is 0.414 e. The average molecular weight is 432 g/mol. The van der Waals surface area contributed by atoms with Gasteiger partial charge in [0.15, 0.2) is 0 Å². The van der Waals surface area contributed by atoms with Gasteiger partial charge >= 0.3 is 12.2 Å². The highest BCUT2D eigenvalue weighted by Gasteiger charge is 2.36. The Hall–Kier alpha value is -2.19. The van der Waals surface area contributed by atoms with Crippen molar-refractivity contribution in [2.75, 3.05) is 44.5 Å². The lowest BCUT2D eigenvalue weighted by Gasteiger charge is -2.28. The predicted molar refractivity (Wildman–Crippen MR) is 101 cm³/mol. The second kappa shape index (κ2) is 8.67. The van der Waals surface area contributed by atoms with E-state index in [1.807, 2.05) is 0 Å². The Morgan fingerprint density at radius 2 is 1.90 bits per heavy atom. The highest BCUT2D eigenvalue weighted by molar-refractivity contribution is 7.59. The van der Waals surface area contributed by atoms with Crippen LogP contribution < -0.4 is 10.2 Å². The highest BCUT2D eigenvalue weighted by atomic mass is 31.2. The molecule has 0 bridgehead atoms. The fourth-order valence-electron chi connectivity index (χ4n) is 3.66. The summed E-state index contributed by atoms with van der Waals surface area (Å²) >= 11 is 0. The number of nitrogens with one attached hydrogen (secondary N) is 1. The van der Waals surface area contributed by atoms with Gasteiger partial charge in [-0.3, -0.25) is 9.46 Å². The van der Waals surface area contributed by atoms with Gasteiger partial charge in [-0.25, -0.2) is 18.4 Å². The predicted octanol–water partition coefficient (Wildman–Crippen LogP) is 3.45. The maximum atomic E-state index is 14.8. The molecule has 0 saturated carbocycles. The first-order valence-electron chi connectivity index (χ1n) is 9.19. The van der Waals surface area contributed by atoms with Crippen molar-refractivity contribution in [2.24, 2.45) is 0 Å². The lowest BCUT2D eigenvalue weighted by molar-refractivity contribution is 0.132. The van der Waals surface area contributed by atoms with E-state index in [1.54, 1.807) is 0 Å². The smallest absolute Gasteiger partial charge is 0.414 e. The van der Waals surface area contributed by atoms with Gasteiger partial charge in [-0.1, -0.05) is 0 Å². The van der Waals surface area contributed by atoms with Crippen LogP contribution in [0.1, 0.15) is 24.3 Å². The molecule has 1 N–H and O–H groups in total. The van der Waals surface area contributed by atoms with Gasteiger partial charge in [0.2, 0.25) is 7.37 Å². The van der Waals surface area contributed by atoms with Crippen molar-refractivity contribution in [3.63, 3.8) is 0 Å². The number of benzene rings is 1. The molecule has 2 saturated heterocycles. The van der Waals surface area contributed by atoms with Gasteiger partial charge < -0.3 is 19.3 Å². The number of rotatable bonds is 5. The molecule has 1 atom stereocenters. The number of hydrogen-bond donors (Lipinski definition) is 1. The van der Waals surface area contributed by atoms with E-state index in [2.05, 4.69) is 10.1 Å². The molecule has 3 rings (SSSR count). The number of cyclic esters (lactones) is 1. The molecular formula is C18H23F2N2O6P. The Kier molecular flexibility index (Phi) is 6.43. The SMILES string of the molecule is COC(=O)NCC1CN(c2cc(F)c(C3CCP(=O)(OC)CC3)c(F)c2)C(=O)O1. The van der Waals surface area contributed by atoms with E-state index in [9.17, 15) is 22.9 Å². The van der Waals surface area contributed by atoms with Gasteiger partial charge in [0, 0.05) is 25.0 Å². The summed E-state index contributed by atoms with van der Waals surface area (Å²) in [6.07, 6.45) is -0.812. The van der Waals surface area contributed by atoms with Crippen LogP contribution in [0.4, 0.5) is 24.1 Å². The van der Waals surface area contributed by atoms with Crippen molar-refractivity contribution < 1.29 is 36.9 Å². The number of anilines is 1. The lowest BCUT2D eigenvalue weighted by atomic mass is 9.92. The normalized spacial score (nSPS) is 26.9. The van der Waals surface area contributed by atoms with E-state index in [0.717, 1.165) is 17.0 Å². The molecule has 29 heavy (non-hydrogen) atoms. The molecule has 1 aromatic carbocycles. The van der Waals surface area contributed by atoms with Gasteiger partial charge in [-0.15, -0.1) is 0 Å². The zero-order valence-corrected chi connectivity index (χ0v) is 17.0. The van der Waals surface area contributed by atoms with E-state index in [1.165, 1.54) is 14.2 Å². The first kappa shape index (κ1) is 21.5. The number of methoxy groups -OCH3 is 1. The quantitative estimate of drug-likeness (QED) is 0.717. The minimum atomic E-state index is -2.69. The molecule has 0 spiro atoms. The van der Waals surface area contributed by atoms with Crippen LogP contribution in [0.2, 0.25) is 0 Å². The number of carbonyl (C=O) groups excluding carboxylic acids is 2. The van der Waals surface area contributed by atoms with Gasteiger partial charge in [0.1, 0.15) is 17.7 Å². The van der Waals surface area contributed by atoms with Crippen LogP contribution in [-0.2, 0) is 18.6 Å². The van der Waals surface area contributed by atoms with Crippen LogP contribution in [-0.4, -0.2) is 57.9 Å². The molecule has 0 aromatic heterocycles. The van der Waals surface area contributed by atoms with Crippen molar-refractivity contribution in [2.45, 2.75) is 24.9 Å². The standard InChI is InChI=1S/C18H23F2N2O6P/c1-26-17(23)21-9-13-10-22(18(24)28-13)12-7-14(19)16(15(20)8-12)11-3-5-29(25,27-2)6-4-11/h7-8,11,13H,3-6,9-10H2,1-2H3,(H,21,23). The molecule has 1 aromatic rings. The van der Waals surface area contributed by atoms with E-state index in [4.69, 9.17) is 9.26 Å². The van der Waals surface area contributed by atoms with Gasteiger partial charge in [-0.05, 0) is 30.9 Å². The van der Waals surface area contributed by atoms with Gasteiger partial charge in [0.05, 0.1) is 25.9 Å². The average Bonchev–Trinajstić information content (AvgIpc) is 3.07. The maximum absolute atomic E-state index is 14.8. The first-order chi connectivity index (χ1) is 13.8.